The molecule has 0 bridgehead atoms. The summed E-state index contributed by atoms with van der Waals surface area (Å²) in [4.78, 5) is 15.5. The molecule has 4 aromatic rings. The third-order valence-corrected chi connectivity index (χ3v) is 6.57. The van der Waals surface area contributed by atoms with Crippen LogP contribution in [-0.4, -0.2) is 23.2 Å². The van der Waals surface area contributed by atoms with Gasteiger partial charge in [0.25, 0.3) is 0 Å². The number of nitrogens with zero attached hydrogens (tertiary/aromatic N) is 1. The molecule has 4 rings (SSSR count). The smallest absolute Gasteiger partial charge is 0.304 e. The zero-order chi connectivity index (χ0) is 24.1. The molecule has 1 N–H and O–H groups in total. The lowest BCUT2D eigenvalue weighted by Crippen LogP contribution is -2.04. The van der Waals surface area contributed by atoms with Gasteiger partial charge in [0.15, 0.2) is 0 Å². The van der Waals surface area contributed by atoms with Crippen LogP contribution >= 0.6 is 24.8 Å². The highest BCUT2D eigenvalue weighted by Crippen LogP contribution is 2.36. The van der Waals surface area contributed by atoms with Gasteiger partial charge in [0.2, 0.25) is 5.88 Å². The summed E-state index contributed by atoms with van der Waals surface area (Å²) in [5, 5.41) is 12.5. The lowest BCUT2D eigenvalue weighted by atomic mass is 9.96. The monoisotopic (exact) mass is 505 g/mol. The summed E-state index contributed by atoms with van der Waals surface area (Å²) in [6.07, 6.45) is 1.84. The van der Waals surface area contributed by atoms with Gasteiger partial charge < -0.3 is 14.6 Å². The Morgan fingerprint density at radius 2 is 1.91 bits per heavy atom. The van der Waals surface area contributed by atoms with E-state index in [1.807, 2.05) is 36.5 Å². The second-order valence-electron chi connectivity index (χ2n) is 7.92. The van der Waals surface area contributed by atoms with Crippen LogP contribution in [0.3, 0.4) is 0 Å². The fourth-order valence-corrected chi connectivity index (χ4v) is 4.80. The third kappa shape index (κ3) is 6.16. The van der Waals surface area contributed by atoms with Gasteiger partial charge in [0.1, 0.15) is 12.4 Å². The lowest BCUT2D eigenvalue weighted by Gasteiger charge is -2.11. The van der Waals surface area contributed by atoms with Gasteiger partial charge in [0.05, 0.1) is 19.4 Å². The Balaban J connectivity index is 0.00000342. The molecule has 7 heteroatoms. The number of aryl methyl sites for hydroxylation is 1. The van der Waals surface area contributed by atoms with Crippen molar-refractivity contribution in [2.45, 2.75) is 32.8 Å². The van der Waals surface area contributed by atoms with Gasteiger partial charge in [-0.2, -0.15) is 13.5 Å². The van der Waals surface area contributed by atoms with Gasteiger partial charge in [-0.3, -0.25) is 4.79 Å². The Kier molecular flexibility index (Phi) is 8.80. The van der Waals surface area contributed by atoms with Crippen molar-refractivity contribution in [2.75, 3.05) is 7.11 Å². The predicted molar refractivity (Wildman–Crippen MR) is 146 cm³/mol. The standard InChI is InChI=1S/C28H25NO4S.H2S/c1-4-5-21(14-28(30)31)20-7-9-22(10-8-20)33-16-19-6-11-26-23(13-19)25(17-34-26)24-15-29-27(32-3)12-18(24)2;/h6-13,15,17,21H,14,16H2,1-3H3,(H,30,31);1H2/t21-;/m0./s1. The highest BCUT2D eigenvalue weighted by Gasteiger charge is 2.14. The van der Waals surface area contributed by atoms with Crippen LogP contribution in [0.2, 0.25) is 0 Å². The molecule has 0 aliphatic carbocycles. The molecule has 0 saturated heterocycles. The summed E-state index contributed by atoms with van der Waals surface area (Å²) in [5.74, 6) is 5.93. The van der Waals surface area contributed by atoms with E-state index in [9.17, 15) is 4.79 Å². The van der Waals surface area contributed by atoms with Gasteiger partial charge in [-0.1, -0.05) is 24.1 Å². The van der Waals surface area contributed by atoms with E-state index in [-0.39, 0.29) is 25.8 Å². The minimum Gasteiger partial charge on any atom is -0.489 e. The number of ether oxygens (including phenoxy) is 2. The number of pyridine rings is 1. The molecule has 0 fully saturated rings. The van der Waals surface area contributed by atoms with Crippen LogP contribution in [0.1, 0.15) is 36.0 Å². The molecule has 2 aromatic heterocycles. The van der Waals surface area contributed by atoms with Gasteiger partial charge in [-0.25, -0.2) is 4.98 Å². The second-order valence-corrected chi connectivity index (χ2v) is 8.84. The van der Waals surface area contributed by atoms with Crippen molar-refractivity contribution in [1.82, 2.24) is 4.98 Å². The number of carboxylic acids is 1. The molecule has 0 radical (unpaired) electrons. The van der Waals surface area contributed by atoms with E-state index >= 15 is 0 Å². The second kappa shape index (κ2) is 11.8. The first-order valence-electron chi connectivity index (χ1n) is 10.9. The predicted octanol–water partition coefficient (Wildman–Crippen LogP) is 6.55. The summed E-state index contributed by atoms with van der Waals surface area (Å²) in [6.45, 7) is 4.21. The van der Waals surface area contributed by atoms with Crippen molar-refractivity contribution in [2.24, 2.45) is 0 Å². The zero-order valence-corrected chi connectivity index (χ0v) is 21.6. The van der Waals surface area contributed by atoms with E-state index in [1.165, 1.54) is 10.1 Å². The van der Waals surface area contributed by atoms with Crippen molar-refractivity contribution in [1.29, 1.82) is 0 Å². The van der Waals surface area contributed by atoms with E-state index in [0.29, 0.717) is 12.5 Å². The summed E-state index contributed by atoms with van der Waals surface area (Å²) >= 11 is 1.71. The number of thiophene rings is 1. The number of carboxylic acid groups (broad SMARTS) is 1. The number of hydrogen-bond acceptors (Lipinski definition) is 5. The number of hydrogen-bond donors (Lipinski definition) is 1. The maximum absolute atomic E-state index is 11.1. The number of carbonyl (C=O) groups is 1. The minimum absolute atomic E-state index is 0. The Morgan fingerprint density at radius 3 is 2.57 bits per heavy atom. The highest BCUT2D eigenvalue weighted by atomic mass is 32.1. The van der Waals surface area contributed by atoms with Crippen molar-refractivity contribution in [3.05, 3.63) is 76.8 Å². The van der Waals surface area contributed by atoms with Crippen LogP contribution in [0.5, 0.6) is 11.6 Å². The number of aromatic nitrogens is 1. The zero-order valence-electron chi connectivity index (χ0n) is 19.8. The summed E-state index contributed by atoms with van der Waals surface area (Å²) in [7, 11) is 1.62. The number of fused-ring (bicyclic) bond motifs is 1. The number of benzene rings is 2. The molecule has 0 spiro atoms. The van der Waals surface area contributed by atoms with Crippen LogP contribution in [0, 0.1) is 18.8 Å². The Labute approximate surface area is 216 Å². The molecule has 180 valence electrons. The molecule has 0 aliphatic rings. The van der Waals surface area contributed by atoms with E-state index < -0.39 is 5.97 Å². The van der Waals surface area contributed by atoms with Crippen LogP contribution in [0.15, 0.2) is 60.1 Å². The van der Waals surface area contributed by atoms with Gasteiger partial charge >= 0.3 is 5.97 Å². The maximum atomic E-state index is 11.1. The molecule has 35 heavy (non-hydrogen) atoms. The molecule has 0 amide bonds. The largest absolute Gasteiger partial charge is 0.489 e. The quantitative estimate of drug-likeness (QED) is 0.275. The topological polar surface area (TPSA) is 68.7 Å². The third-order valence-electron chi connectivity index (χ3n) is 5.61. The molecule has 0 saturated carbocycles. The molecule has 5 nitrogen and oxygen atoms in total. The summed E-state index contributed by atoms with van der Waals surface area (Å²) < 4.78 is 12.5. The average molecular weight is 506 g/mol. The lowest BCUT2D eigenvalue weighted by molar-refractivity contribution is -0.137. The summed E-state index contributed by atoms with van der Waals surface area (Å²) in [5.41, 5.74) is 5.29. The van der Waals surface area contributed by atoms with E-state index in [2.05, 4.69) is 47.3 Å². The normalized spacial score (nSPS) is 11.2. The van der Waals surface area contributed by atoms with E-state index in [1.54, 1.807) is 25.4 Å². The minimum atomic E-state index is -0.864. The first kappa shape index (κ1) is 26.1. The van der Waals surface area contributed by atoms with Gasteiger partial charge in [0, 0.05) is 33.5 Å². The Morgan fingerprint density at radius 1 is 1.14 bits per heavy atom. The fraction of sp³-hybridized carbons (Fsp3) is 0.214. The molecular formula is C28H27NO4S2. The Hall–Kier alpha value is -3.47. The number of aliphatic carboxylic acids is 1. The molecule has 2 aromatic carbocycles. The fourth-order valence-electron chi connectivity index (χ4n) is 3.86. The van der Waals surface area contributed by atoms with Crippen molar-refractivity contribution in [3.63, 3.8) is 0 Å². The van der Waals surface area contributed by atoms with Crippen LogP contribution < -0.4 is 9.47 Å². The van der Waals surface area contributed by atoms with Crippen molar-refractivity contribution >= 4 is 40.9 Å². The SMILES string of the molecule is CC#C[C@@H](CC(=O)O)c1ccc(OCc2ccc3scc(-c4cnc(OC)cc4C)c3c2)cc1.S. The first-order valence-corrected chi connectivity index (χ1v) is 11.7. The summed E-state index contributed by atoms with van der Waals surface area (Å²) in [6, 6.07) is 15.8. The van der Waals surface area contributed by atoms with E-state index in [0.717, 1.165) is 33.6 Å². The maximum Gasteiger partial charge on any atom is 0.304 e. The number of rotatable bonds is 8. The highest BCUT2D eigenvalue weighted by molar-refractivity contribution is 7.59. The van der Waals surface area contributed by atoms with Gasteiger partial charge in [-0.05, 0) is 60.2 Å². The van der Waals surface area contributed by atoms with Crippen LogP contribution in [-0.2, 0) is 11.4 Å². The van der Waals surface area contributed by atoms with Crippen molar-refractivity contribution < 1.29 is 19.4 Å². The van der Waals surface area contributed by atoms with Crippen LogP contribution in [0.25, 0.3) is 21.2 Å². The Bertz CT molecular complexity index is 1380. The molecule has 0 aliphatic heterocycles. The van der Waals surface area contributed by atoms with Crippen LogP contribution in [0.4, 0.5) is 0 Å². The molecule has 1 atom stereocenters. The molecular weight excluding hydrogens is 478 g/mol. The van der Waals surface area contributed by atoms with Gasteiger partial charge in [-0.15, -0.1) is 17.3 Å². The average Bonchev–Trinajstić information content (AvgIpc) is 3.25. The number of methoxy groups -OCH3 is 1. The molecule has 0 unspecified atom stereocenters. The molecule has 2 heterocycles. The first-order chi connectivity index (χ1) is 16.5. The van der Waals surface area contributed by atoms with Crippen molar-refractivity contribution in [3.8, 4) is 34.6 Å². The van der Waals surface area contributed by atoms with E-state index in [4.69, 9.17) is 14.6 Å².